The van der Waals surface area contributed by atoms with Gasteiger partial charge in [-0.05, 0) is 70.5 Å². The van der Waals surface area contributed by atoms with E-state index in [1.165, 1.54) is 4.57 Å². The molecule has 444 valence electrons. The van der Waals surface area contributed by atoms with E-state index in [4.69, 9.17) is 39.5 Å². The molecule has 0 saturated heterocycles. The summed E-state index contributed by atoms with van der Waals surface area (Å²) in [6.07, 6.45) is -53.2. The molecule has 0 aliphatic rings. The molecule has 32 heteroatoms. The Morgan fingerprint density at radius 2 is 0.663 bits per heavy atom. The molecule has 6 aromatic carbocycles. The molecule has 83 heavy (non-hydrogen) atoms. The van der Waals surface area contributed by atoms with Gasteiger partial charge in [0.1, 0.15) is 6.15 Å². The van der Waals surface area contributed by atoms with Crippen LogP contribution in [-0.2, 0) is 60.7 Å². The van der Waals surface area contributed by atoms with Gasteiger partial charge in [0.05, 0.1) is 49.9 Å². The normalized spacial score (nSPS) is 13.4. The Hall–Kier alpha value is -6.88. The lowest BCUT2D eigenvalue weighted by Crippen LogP contribution is -2.75. The second-order valence-electron chi connectivity index (χ2n) is 17.7. The molecule has 0 bridgehead atoms. The highest BCUT2D eigenvalue weighted by atomic mass is 35.6. The van der Waals surface area contributed by atoms with Gasteiger partial charge in [-0.25, -0.2) is 4.79 Å². The van der Waals surface area contributed by atoms with E-state index in [0.29, 0.717) is 10.9 Å². The summed E-state index contributed by atoms with van der Waals surface area (Å²) < 4.78 is 345. The van der Waals surface area contributed by atoms with Crippen LogP contribution in [0.1, 0.15) is 65.4 Å². The van der Waals surface area contributed by atoms with Crippen LogP contribution in [0.3, 0.4) is 0 Å². The second kappa shape index (κ2) is 22.6. The average Bonchev–Trinajstić information content (AvgIpc) is 3.32. The lowest BCUT2D eigenvalue weighted by Gasteiger charge is -2.46. The van der Waals surface area contributed by atoms with Crippen LogP contribution < -0.4 is 26.4 Å². The first-order valence-corrected chi connectivity index (χ1v) is 23.4. The van der Waals surface area contributed by atoms with Gasteiger partial charge in [-0.2, -0.15) is 132 Å². The van der Waals surface area contributed by atoms with Gasteiger partial charge in [-0.15, -0.1) is 0 Å². The van der Waals surface area contributed by atoms with Crippen molar-refractivity contribution in [1.82, 2.24) is 0 Å². The Kier molecular flexibility index (Phi) is 17.8. The van der Waals surface area contributed by atoms with Crippen LogP contribution in [0.4, 0.5) is 105 Å². The van der Waals surface area contributed by atoms with E-state index in [1.54, 1.807) is 48.7 Å². The first-order valence-electron chi connectivity index (χ1n) is 22.3. The average molecular weight is 1270 g/mol. The zero-order chi connectivity index (χ0) is 62.6. The van der Waals surface area contributed by atoms with Gasteiger partial charge in [0.15, 0.2) is 6.20 Å². The van der Waals surface area contributed by atoms with Crippen molar-refractivity contribution in [3.05, 3.63) is 195 Å². The number of hydrogen-bond donors (Lipinski definition) is 0. The molecule has 0 saturated carbocycles. The Morgan fingerprint density at radius 1 is 0.386 bits per heavy atom. The molecule has 0 atom stereocenters. The molecule has 0 N–H and O–H groups in total. The van der Waals surface area contributed by atoms with Crippen molar-refractivity contribution < 1.29 is 124 Å². The summed E-state index contributed by atoms with van der Waals surface area (Å²) >= 11 is 16.8. The van der Waals surface area contributed by atoms with Crippen molar-refractivity contribution in [2.75, 3.05) is 0 Å². The van der Waals surface area contributed by atoms with E-state index >= 15 is 0 Å². The number of carbonyl (C=O) groups is 2. The fourth-order valence-corrected chi connectivity index (χ4v) is 8.92. The number of aromatic nitrogens is 1. The third-order valence-corrected chi connectivity index (χ3v) is 12.4. The molecule has 0 aliphatic heterocycles. The van der Waals surface area contributed by atoms with Crippen molar-refractivity contribution in [3.8, 4) is 0 Å². The molecule has 1 aromatic heterocycles. The minimum Gasteiger partial charge on any atom is -0.406 e. The number of nitrogens with zero attached hydrogens (tertiary/aromatic N) is 1. The number of halogens is 27. The second-order valence-corrected chi connectivity index (χ2v) is 19.9. The predicted octanol–water partition coefficient (Wildman–Crippen LogP) is 15.7. The molecule has 0 aliphatic carbocycles. The molecule has 7 rings (SSSR count). The van der Waals surface area contributed by atoms with E-state index in [0.717, 1.165) is 5.39 Å². The van der Waals surface area contributed by atoms with Gasteiger partial charge in [0.25, 0.3) is 5.69 Å². The number of esters is 1. The molecular weight excluding hydrogens is 1250 g/mol. The summed E-state index contributed by atoms with van der Waals surface area (Å²) in [5.74, 6) is -0.989. The lowest BCUT2D eigenvalue weighted by molar-refractivity contribution is -0.684. The zero-order valence-corrected chi connectivity index (χ0v) is 42.2. The van der Waals surface area contributed by atoms with Crippen LogP contribution in [0, 0.1) is 0 Å². The molecular formula is C51H25BCl3F24NO3. The van der Waals surface area contributed by atoms with Crippen LogP contribution in [0.5, 0.6) is 0 Å². The molecule has 0 radical (unpaired) electrons. The predicted molar refractivity (Wildman–Crippen MR) is 251 cm³/mol. The molecule has 7 aromatic rings. The topological polar surface area (TPSA) is 47.2 Å². The molecule has 0 unspecified atom stereocenters. The minimum absolute atomic E-state index is 0.0564. The number of carbonyl (C=O) groups excluding carboxylic acids is 2. The van der Waals surface area contributed by atoms with Gasteiger partial charge >= 0.3 is 59.4 Å². The quantitative estimate of drug-likeness (QED) is 0.0380. The Balaban J connectivity index is 0.000000352. The third kappa shape index (κ3) is 15.3. The Morgan fingerprint density at radius 3 is 0.940 bits per heavy atom. The molecule has 0 fully saturated rings. The highest BCUT2D eigenvalue weighted by Gasteiger charge is 2.47. The van der Waals surface area contributed by atoms with Crippen LogP contribution in [0.25, 0.3) is 10.8 Å². The van der Waals surface area contributed by atoms with Crippen LogP contribution in [0.15, 0.2) is 140 Å². The molecule has 0 amide bonds. The Bertz CT molecular complexity index is 3130. The Labute approximate surface area is 463 Å². The number of ketones is 1. The van der Waals surface area contributed by atoms with Crippen molar-refractivity contribution in [2.45, 2.75) is 59.9 Å². The number of pyridine rings is 1. The van der Waals surface area contributed by atoms with Crippen LogP contribution in [-0.4, -0.2) is 21.9 Å². The number of fused-ring (bicyclic) bond motifs is 1. The lowest BCUT2D eigenvalue weighted by atomic mass is 9.12. The standard InChI is InChI=1S/C32H12BF24.C19H13Cl3NO3/c34-25(35,36)13-1-14(26(37,38)39)6-21(5-13)33(22-7-15(27(40,41)42)2-16(8-22)28(43,44)45,23-9-17(29(46,47)48)3-18(10-23)30(49,50)51)24-11-19(31(52,53)54)4-20(12-24)32(55,56)57;20-19(21,22)26-18(25)17-15-9-5-4-6-13(15)10-11-23(17)12-16(24)14-7-2-1-3-8-14/h1-12H;1-11H,12H2/q-1;+1. The summed E-state index contributed by atoms with van der Waals surface area (Å²) in [5, 5.41) is 1.39. The van der Waals surface area contributed by atoms with Crippen molar-refractivity contribution in [3.63, 3.8) is 0 Å². The maximum atomic E-state index is 14.2. The summed E-state index contributed by atoms with van der Waals surface area (Å²) in [4.78, 5) is 25.2. The highest BCUT2D eigenvalue weighted by Crippen LogP contribution is 2.42. The van der Waals surface area contributed by atoms with E-state index in [2.05, 4.69) is 0 Å². The number of benzene rings is 6. The largest absolute Gasteiger partial charge is 0.416 e. The van der Waals surface area contributed by atoms with E-state index in [-0.39, 0.29) is 18.0 Å². The number of alkyl halides is 27. The van der Waals surface area contributed by atoms with Gasteiger partial charge in [0.2, 0.25) is 12.3 Å². The number of hydrogen-bond acceptors (Lipinski definition) is 3. The van der Waals surface area contributed by atoms with E-state index in [9.17, 15) is 115 Å². The fourth-order valence-electron chi connectivity index (χ4n) is 8.71. The third-order valence-electron chi connectivity index (χ3n) is 12.2. The van der Waals surface area contributed by atoms with Gasteiger partial charge in [0, 0.05) is 11.6 Å². The van der Waals surface area contributed by atoms with E-state index in [1.807, 2.05) is 18.2 Å². The molecule has 0 spiro atoms. The summed E-state index contributed by atoms with van der Waals surface area (Å²) in [5.41, 5.74) is -29.5. The first-order chi connectivity index (χ1) is 37.6. The summed E-state index contributed by atoms with van der Waals surface area (Å²) in [7, 11) is 0. The summed E-state index contributed by atoms with van der Waals surface area (Å²) in [6.45, 7) is -0.0564. The summed E-state index contributed by atoms with van der Waals surface area (Å²) in [6, 6.07) is 8.99. The maximum Gasteiger partial charge on any atom is 0.416 e. The highest BCUT2D eigenvalue weighted by molar-refractivity contribution is 7.20. The number of Topliss-reactive ketones (excluding diaryl/α,β-unsaturated/α-hetero) is 1. The fraction of sp³-hybridized carbons (Fsp3) is 0.196. The number of rotatable bonds is 8. The maximum absolute atomic E-state index is 14.2. The minimum atomic E-state index is -6.13. The van der Waals surface area contributed by atoms with Gasteiger partial charge < -0.3 is 4.74 Å². The van der Waals surface area contributed by atoms with Crippen molar-refractivity contribution >= 4 is 85.3 Å². The smallest absolute Gasteiger partial charge is 0.406 e. The van der Waals surface area contributed by atoms with E-state index < -0.39 is 205 Å². The first kappa shape index (κ1) is 65.3. The van der Waals surface area contributed by atoms with Crippen molar-refractivity contribution in [2.24, 2.45) is 0 Å². The SMILES string of the molecule is FC(F)(F)c1cc([B-](c2cc(C(F)(F)F)cc(C(F)(F)F)c2)(c2cc(C(F)(F)F)cc(C(F)(F)F)c2)c2cc(C(F)(F)F)cc(C(F)(F)F)c2)cc(C(F)(F)F)c1.O=C(C[n+]1ccc2ccccc2c1C(=O)OC(Cl)(Cl)Cl)c1ccccc1. The van der Waals surface area contributed by atoms with Gasteiger partial charge in [-0.3, -0.25) is 4.79 Å². The van der Waals surface area contributed by atoms with Crippen LogP contribution in [0.2, 0.25) is 0 Å². The molecule has 1 heterocycles. The van der Waals surface area contributed by atoms with Crippen molar-refractivity contribution in [1.29, 1.82) is 0 Å². The zero-order valence-electron chi connectivity index (χ0n) is 39.9. The monoisotopic (exact) mass is 1270 g/mol. The number of ether oxygens (including phenoxy) is 1. The van der Waals surface area contributed by atoms with Crippen LogP contribution >= 0.6 is 34.8 Å². The van der Waals surface area contributed by atoms with Gasteiger partial charge in [-0.1, -0.05) is 97.1 Å². The molecule has 4 nitrogen and oxygen atoms in total.